The Morgan fingerprint density at radius 3 is 2.68 bits per heavy atom. The van der Waals surface area contributed by atoms with E-state index in [-0.39, 0.29) is 5.56 Å². The summed E-state index contributed by atoms with van der Waals surface area (Å²) in [7, 11) is 0. The van der Waals surface area contributed by atoms with E-state index in [9.17, 15) is 4.79 Å². The Balaban J connectivity index is 1.96. The summed E-state index contributed by atoms with van der Waals surface area (Å²) in [4.78, 5) is 25.3. The highest BCUT2D eigenvalue weighted by molar-refractivity contribution is 5.77. The number of hydrogen-bond donors (Lipinski definition) is 1. The second-order valence-electron chi connectivity index (χ2n) is 6.29. The molecule has 4 rings (SSSR count). The van der Waals surface area contributed by atoms with Crippen molar-refractivity contribution in [2.45, 2.75) is 46.7 Å². The molecule has 4 aromatic rings. The summed E-state index contributed by atoms with van der Waals surface area (Å²) < 4.78 is 5.48. The van der Waals surface area contributed by atoms with Crippen LogP contribution in [-0.4, -0.2) is 33.7 Å². The summed E-state index contributed by atoms with van der Waals surface area (Å²) in [6, 6.07) is 0. The van der Waals surface area contributed by atoms with Gasteiger partial charge in [-0.3, -0.25) is 18.4 Å². The first kappa shape index (κ1) is 15.6. The standard InChI is InChI=1S/C17H21N7O/c1-4-6-22-10-12(8-18-22)14-20-13-15(21-14)24-9-11(3)19-17(24)23(7-5-2)16(13)25/h8-10H,4-7H2,1-3H3,(H,20,21). The zero-order valence-electron chi connectivity index (χ0n) is 14.7. The minimum atomic E-state index is -0.0883. The van der Waals surface area contributed by atoms with Gasteiger partial charge in [0.05, 0.1) is 17.5 Å². The SMILES string of the molecule is CCCn1cc(-c2nc3c([nH]2)c(=O)n(CCC)c2nc(C)cn32)cn1. The molecule has 8 nitrogen and oxygen atoms in total. The fourth-order valence-electron chi connectivity index (χ4n) is 3.14. The highest BCUT2D eigenvalue weighted by atomic mass is 16.1. The number of aryl methyl sites for hydroxylation is 3. The first-order chi connectivity index (χ1) is 12.1. The molecule has 4 heterocycles. The van der Waals surface area contributed by atoms with Crippen LogP contribution in [0.15, 0.2) is 23.4 Å². The second-order valence-corrected chi connectivity index (χ2v) is 6.29. The fraction of sp³-hybridized carbons (Fsp3) is 0.412. The van der Waals surface area contributed by atoms with Crippen molar-refractivity contribution in [1.29, 1.82) is 0 Å². The molecule has 0 atom stereocenters. The van der Waals surface area contributed by atoms with Crippen molar-refractivity contribution in [3.05, 3.63) is 34.6 Å². The smallest absolute Gasteiger partial charge is 0.280 e. The Bertz CT molecular complexity index is 1110. The number of rotatable bonds is 5. The van der Waals surface area contributed by atoms with Crippen LogP contribution in [0.5, 0.6) is 0 Å². The molecular formula is C17H21N7O. The van der Waals surface area contributed by atoms with Gasteiger partial charge in [-0.05, 0) is 19.8 Å². The first-order valence-corrected chi connectivity index (χ1v) is 8.63. The van der Waals surface area contributed by atoms with Gasteiger partial charge in [-0.1, -0.05) is 13.8 Å². The molecule has 0 radical (unpaired) electrons. The summed E-state index contributed by atoms with van der Waals surface area (Å²) >= 11 is 0. The van der Waals surface area contributed by atoms with E-state index >= 15 is 0 Å². The van der Waals surface area contributed by atoms with Crippen LogP contribution in [0, 0.1) is 6.92 Å². The number of nitrogens with one attached hydrogen (secondary N) is 1. The number of imidazole rings is 2. The number of aromatic nitrogens is 7. The summed E-state index contributed by atoms with van der Waals surface area (Å²) in [5.41, 5.74) is 2.74. The van der Waals surface area contributed by atoms with Crippen LogP contribution in [0.2, 0.25) is 0 Å². The molecule has 0 bridgehead atoms. The van der Waals surface area contributed by atoms with E-state index in [1.54, 1.807) is 10.8 Å². The molecule has 0 saturated heterocycles. The zero-order chi connectivity index (χ0) is 17.6. The third-order valence-electron chi connectivity index (χ3n) is 4.23. The van der Waals surface area contributed by atoms with Gasteiger partial charge in [0.25, 0.3) is 5.56 Å². The van der Waals surface area contributed by atoms with Crippen molar-refractivity contribution in [1.82, 2.24) is 33.7 Å². The van der Waals surface area contributed by atoms with E-state index in [1.165, 1.54) is 0 Å². The van der Waals surface area contributed by atoms with Gasteiger partial charge in [0.1, 0.15) is 5.82 Å². The maximum atomic E-state index is 12.9. The Morgan fingerprint density at radius 2 is 1.92 bits per heavy atom. The molecule has 0 saturated carbocycles. The van der Waals surface area contributed by atoms with Gasteiger partial charge in [-0.15, -0.1) is 0 Å². The van der Waals surface area contributed by atoms with Crippen molar-refractivity contribution < 1.29 is 0 Å². The number of H-pyrrole nitrogens is 1. The third kappa shape index (κ3) is 2.45. The average molecular weight is 339 g/mol. The summed E-state index contributed by atoms with van der Waals surface area (Å²) in [6.07, 6.45) is 7.50. The Labute approximate surface area is 144 Å². The van der Waals surface area contributed by atoms with Crippen LogP contribution < -0.4 is 5.56 Å². The van der Waals surface area contributed by atoms with Crippen molar-refractivity contribution in [3.8, 4) is 11.4 Å². The molecule has 0 amide bonds. The van der Waals surface area contributed by atoms with Gasteiger partial charge < -0.3 is 4.98 Å². The quantitative estimate of drug-likeness (QED) is 0.605. The Kier molecular flexibility index (Phi) is 3.67. The maximum absolute atomic E-state index is 12.9. The molecule has 0 fully saturated rings. The first-order valence-electron chi connectivity index (χ1n) is 8.63. The van der Waals surface area contributed by atoms with E-state index < -0.39 is 0 Å². The van der Waals surface area contributed by atoms with Gasteiger partial charge in [0.2, 0.25) is 5.78 Å². The molecule has 0 aliphatic heterocycles. The number of hydrogen-bond acceptors (Lipinski definition) is 4. The van der Waals surface area contributed by atoms with E-state index in [2.05, 4.69) is 27.0 Å². The fourth-order valence-corrected chi connectivity index (χ4v) is 3.14. The molecular weight excluding hydrogens is 318 g/mol. The zero-order valence-corrected chi connectivity index (χ0v) is 14.7. The molecule has 8 heteroatoms. The van der Waals surface area contributed by atoms with Crippen molar-refractivity contribution in [2.24, 2.45) is 0 Å². The normalized spacial score (nSPS) is 11.8. The highest BCUT2D eigenvalue weighted by Crippen LogP contribution is 2.20. The second kappa shape index (κ2) is 5.87. The molecule has 0 aliphatic rings. The molecule has 4 aromatic heterocycles. The molecule has 0 unspecified atom stereocenters. The Morgan fingerprint density at radius 1 is 1.12 bits per heavy atom. The maximum Gasteiger partial charge on any atom is 0.280 e. The van der Waals surface area contributed by atoms with Gasteiger partial charge in [-0.25, -0.2) is 9.97 Å². The number of aromatic amines is 1. The lowest BCUT2D eigenvalue weighted by Crippen LogP contribution is -2.23. The van der Waals surface area contributed by atoms with E-state index in [1.807, 2.05) is 35.3 Å². The minimum absolute atomic E-state index is 0.0883. The van der Waals surface area contributed by atoms with Crippen LogP contribution in [0.25, 0.3) is 28.3 Å². The molecule has 0 spiro atoms. The van der Waals surface area contributed by atoms with Crippen molar-refractivity contribution in [3.63, 3.8) is 0 Å². The topological polar surface area (TPSA) is 85.8 Å². The van der Waals surface area contributed by atoms with Crippen molar-refractivity contribution in [2.75, 3.05) is 0 Å². The number of nitrogens with zero attached hydrogens (tertiary/aromatic N) is 6. The van der Waals surface area contributed by atoms with Crippen LogP contribution in [0.4, 0.5) is 0 Å². The minimum Gasteiger partial charge on any atom is -0.332 e. The summed E-state index contributed by atoms with van der Waals surface area (Å²) in [6.45, 7) is 7.55. The van der Waals surface area contributed by atoms with Gasteiger partial charge in [0, 0.05) is 25.5 Å². The lowest BCUT2D eigenvalue weighted by molar-refractivity contribution is 0.603. The van der Waals surface area contributed by atoms with Gasteiger partial charge >= 0.3 is 0 Å². The van der Waals surface area contributed by atoms with E-state index in [4.69, 9.17) is 0 Å². The van der Waals surface area contributed by atoms with Gasteiger partial charge in [0.15, 0.2) is 11.2 Å². The van der Waals surface area contributed by atoms with E-state index in [0.717, 1.165) is 30.6 Å². The van der Waals surface area contributed by atoms with Crippen LogP contribution in [0.1, 0.15) is 32.4 Å². The summed E-state index contributed by atoms with van der Waals surface area (Å²) in [5, 5.41) is 4.34. The predicted molar refractivity (Wildman–Crippen MR) is 95.6 cm³/mol. The largest absolute Gasteiger partial charge is 0.332 e. The summed E-state index contributed by atoms with van der Waals surface area (Å²) in [5.74, 6) is 1.29. The number of fused-ring (bicyclic) bond motifs is 3. The third-order valence-corrected chi connectivity index (χ3v) is 4.23. The highest BCUT2D eigenvalue weighted by Gasteiger charge is 2.17. The lowest BCUT2D eigenvalue weighted by atomic mass is 10.3. The molecule has 1 N–H and O–H groups in total. The molecule has 0 aliphatic carbocycles. The van der Waals surface area contributed by atoms with Crippen molar-refractivity contribution >= 4 is 16.9 Å². The lowest BCUT2D eigenvalue weighted by Gasteiger charge is -2.05. The van der Waals surface area contributed by atoms with Crippen LogP contribution in [-0.2, 0) is 13.1 Å². The molecule has 130 valence electrons. The van der Waals surface area contributed by atoms with Crippen LogP contribution in [0.3, 0.4) is 0 Å². The molecule has 25 heavy (non-hydrogen) atoms. The Hall–Kier alpha value is -2.90. The van der Waals surface area contributed by atoms with Gasteiger partial charge in [-0.2, -0.15) is 5.10 Å². The average Bonchev–Trinajstić information content (AvgIpc) is 3.28. The molecule has 0 aromatic carbocycles. The monoisotopic (exact) mass is 339 g/mol. The van der Waals surface area contributed by atoms with Crippen LogP contribution >= 0.6 is 0 Å². The predicted octanol–water partition coefficient (Wildman–Crippen LogP) is 2.36. The van der Waals surface area contributed by atoms with E-state index in [0.29, 0.717) is 29.3 Å².